The van der Waals surface area contributed by atoms with E-state index in [1.165, 1.54) is 24.2 Å². The van der Waals surface area contributed by atoms with Gasteiger partial charge in [0.15, 0.2) is 0 Å². The van der Waals surface area contributed by atoms with Gasteiger partial charge >= 0.3 is 0 Å². The van der Waals surface area contributed by atoms with E-state index >= 15 is 0 Å². The number of nitrogens with zero attached hydrogens (tertiary/aromatic N) is 2. The lowest BCUT2D eigenvalue weighted by Gasteiger charge is -2.22. The number of carbonyl (C=O) groups excluding carboxylic acids is 5. The lowest BCUT2D eigenvalue weighted by atomic mass is 10.1. The summed E-state index contributed by atoms with van der Waals surface area (Å²) in [6, 6.07) is 0. The molecule has 0 saturated heterocycles. The molecule has 0 spiro atoms. The number of rotatable bonds is 20. The smallest absolute Gasteiger partial charge is 0.253 e. The van der Waals surface area contributed by atoms with Gasteiger partial charge in [0.05, 0.1) is 39.6 Å². The molecule has 0 atom stereocenters. The molecule has 34 heavy (non-hydrogen) atoms. The maximum Gasteiger partial charge on any atom is 0.253 e. The molecule has 0 aliphatic carbocycles. The minimum Gasteiger partial charge on any atom is -0.382 e. The van der Waals surface area contributed by atoms with E-state index in [2.05, 4.69) is 5.32 Å². The summed E-state index contributed by atoms with van der Waals surface area (Å²) in [5.74, 6) is -1.67. The third-order valence-electron chi connectivity index (χ3n) is 4.75. The Morgan fingerprint density at radius 3 is 2.21 bits per heavy atom. The van der Waals surface area contributed by atoms with Gasteiger partial charge in [0, 0.05) is 58.8 Å². The molecule has 0 aromatic rings. The van der Waals surface area contributed by atoms with E-state index in [0.29, 0.717) is 26.2 Å². The number of nitrogens with one attached hydrogen (secondary N) is 1. The van der Waals surface area contributed by atoms with Gasteiger partial charge in [-0.25, -0.2) is 0 Å². The van der Waals surface area contributed by atoms with Gasteiger partial charge in [-0.15, -0.1) is 0 Å². The Kier molecular flexibility index (Phi) is 15.3. The van der Waals surface area contributed by atoms with Crippen molar-refractivity contribution in [2.75, 3.05) is 80.0 Å². The fourth-order valence-electron chi connectivity index (χ4n) is 2.86. The minimum absolute atomic E-state index is 0.0475. The Bertz CT molecular complexity index is 694. The van der Waals surface area contributed by atoms with Gasteiger partial charge in [0.2, 0.25) is 11.8 Å². The van der Waals surface area contributed by atoms with Crippen molar-refractivity contribution in [1.29, 1.82) is 0 Å². The molecular formula is C22H35N3O9. The van der Waals surface area contributed by atoms with Crippen LogP contribution in [0.3, 0.4) is 0 Å². The molecule has 1 rings (SSSR count). The minimum atomic E-state index is -0.419. The summed E-state index contributed by atoms with van der Waals surface area (Å²) >= 11 is 0. The molecule has 0 saturated carbocycles. The molecule has 1 heterocycles. The number of imide groups is 1. The first-order valence-corrected chi connectivity index (χ1v) is 11.1. The zero-order valence-corrected chi connectivity index (χ0v) is 19.9. The lowest BCUT2D eigenvalue weighted by Crippen LogP contribution is -2.44. The molecule has 1 aliphatic heterocycles. The zero-order chi connectivity index (χ0) is 25.2. The van der Waals surface area contributed by atoms with Gasteiger partial charge < -0.3 is 29.2 Å². The fraction of sp³-hybridized carbons (Fsp3) is 0.682. The molecule has 0 aromatic carbocycles. The van der Waals surface area contributed by atoms with Crippen molar-refractivity contribution in [2.45, 2.75) is 19.3 Å². The number of Topliss-reactive ketones (excluding diaryl/α,β-unsaturated/α-hetero) is 1. The van der Waals surface area contributed by atoms with Gasteiger partial charge in [-0.1, -0.05) is 0 Å². The highest BCUT2D eigenvalue weighted by Crippen LogP contribution is 2.05. The molecule has 0 fully saturated rings. The summed E-state index contributed by atoms with van der Waals surface area (Å²) in [5.41, 5.74) is 0. The Morgan fingerprint density at radius 2 is 1.56 bits per heavy atom. The monoisotopic (exact) mass is 485 g/mol. The molecule has 4 amide bonds. The second kappa shape index (κ2) is 17.8. The van der Waals surface area contributed by atoms with Crippen LogP contribution >= 0.6 is 0 Å². The van der Waals surface area contributed by atoms with E-state index in [9.17, 15) is 24.0 Å². The molecule has 0 unspecified atom stereocenters. The van der Waals surface area contributed by atoms with Crippen LogP contribution < -0.4 is 5.32 Å². The van der Waals surface area contributed by atoms with Crippen molar-refractivity contribution in [2.24, 2.45) is 0 Å². The largest absolute Gasteiger partial charge is 0.382 e. The van der Waals surface area contributed by atoms with Crippen LogP contribution in [0.4, 0.5) is 0 Å². The Hall–Kier alpha value is -2.67. The van der Waals surface area contributed by atoms with Crippen LogP contribution in [0.2, 0.25) is 0 Å². The van der Waals surface area contributed by atoms with Crippen LogP contribution in [0.25, 0.3) is 0 Å². The van der Waals surface area contributed by atoms with Crippen LogP contribution in [0.5, 0.6) is 0 Å². The van der Waals surface area contributed by atoms with Crippen molar-refractivity contribution in [3.05, 3.63) is 12.2 Å². The first kappa shape index (κ1) is 29.4. The molecular weight excluding hydrogens is 450 g/mol. The third kappa shape index (κ3) is 12.5. The number of ether oxygens (including phenoxy) is 4. The summed E-state index contributed by atoms with van der Waals surface area (Å²) in [6.07, 6.45) is 3.02. The summed E-state index contributed by atoms with van der Waals surface area (Å²) in [5, 5.41) is 2.69. The van der Waals surface area contributed by atoms with E-state index < -0.39 is 11.8 Å². The number of amides is 4. The molecule has 0 aromatic heterocycles. The highest BCUT2D eigenvalue weighted by molar-refractivity contribution is 6.13. The molecule has 1 aliphatic rings. The van der Waals surface area contributed by atoms with E-state index in [4.69, 9.17) is 18.9 Å². The zero-order valence-electron chi connectivity index (χ0n) is 19.9. The highest BCUT2D eigenvalue weighted by atomic mass is 16.5. The third-order valence-corrected chi connectivity index (χ3v) is 4.75. The second-order valence-electron chi connectivity index (χ2n) is 7.37. The van der Waals surface area contributed by atoms with E-state index in [1.54, 1.807) is 7.11 Å². The van der Waals surface area contributed by atoms with Crippen molar-refractivity contribution in [3.8, 4) is 0 Å². The van der Waals surface area contributed by atoms with E-state index in [-0.39, 0.29) is 76.4 Å². The van der Waals surface area contributed by atoms with Crippen LogP contribution in [-0.2, 0) is 42.9 Å². The number of ketones is 1. The van der Waals surface area contributed by atoms with Crippen molar-refractivity contribution >= 4 is 29.4 Å². The standard InChI is InChI=1S/C22H35N3O9/c1-31-12-14-33-11-10-24(22(30)17-34-15-13-32-2)16-19(27)23-8-3-4-18(26)7-9-25-20(28)5-6-21(25)29/h5-6H,3-4,7-17H2,1-2H3,(H,23,27). The predicted octanol–water partition coefficient (Wildman–Crippen LogP) is -1.08. The van der Waals surface area contributed by atoms with Crippen molar-refractivity contribution < 1.29 is 42.9 Å². The SMILES string of the molecule is COCCOCCN(CC(=O)NCCCC(=O)CCN1C(=O)C=CC1=O)C(=O)COCCOC. The fourth-order valence-corrected chi connectivity index (χ4v) is 2.86. The average Bonchev–Trinajstić information content (AvgIpc) is 3.14. The van der Waals surface area contributed by atoms with Gasteiger partial charge in [-0.3, -0.25) is 28.9 Å². The van der Waals surface area contributed by atoms with Gasteiger partial charge in [0.25, 0.3) is 11.8 Å². The van der Waals surface area contributed by atoms with E-state index in [1.807, 2.05) is 0 Å². The van der Waals surface area contributed by atoms with Crippen molar-refractivity contribution in [3.63, 3.8) is 0 Å². The predicted molar refractivity (Wildman–Crippen MR) is 120 cm³/mol. The molecule has 0 radical (unpaired) electrons. The van der Waals surface area contributed by atoms with Gasteiger partial charge in [-0.05, 0) is 6.42 Å². The average molecular weight is 486 g/mol. The summed E-state index contributed by atoms with van der Waals surface area (Å²) in [6.45, 7) is 1.83. The first-order valence-electron chi connectivity index (χ1n) is 11.1. The van der Waals surface area contributed by atoms with E-state index in [0.717, 1.165) is 4.90 Å². The number of hydrogen-bond acceptors (Lipinski definition) is 9. The number of hydrogen-bond donors (Lipinski definition) is 1. The Balaban J connectivity index is 2.31. The number of carbonyl (C=O) groups is 5. The summed E-state index contributed by atoms with van der Waals surface area (Å²) in [7, 11) is 3.08. The maximum absolute atomic E-state index is 12.4. The van der Waals surface area contributed by atoms with Gasteiger partial charge in [-0.2, -0.15) is 0 Å². The summed E-state index contributed by atoms with van der Waals surface area (Å²) < 4.78 is 20.4. The quantitative estimate of drug-likeness (QED) is 0.168. The molecule has 1 N–H and O–H groups in total. The molecule has 12 heteroatoms. The van der Waals surface area contributed by atoms with Gasteiger partial charge in [0.1, 0.15) is 12.4 Å². The molecule has 12 nitrogen and oxygen atoms in total. The normalized spacial score (nSPS) is 12.9. The highest BCUT2D eigenvalue weighted by Gasteiger charge is 2.23. The van der Waals surface area contributed by atoms with Crippen LogP contribution in [0.1, 0.15) is 19.3 Å². The summed E-state index contributed by atoms with van der Waals surface area (Å²) in [4.78, 5) is 62.0. The first-order chi connectivity index (χ1) is 16.4. The van der Waals surface area contributed by atoms with Crippen LogP contribution in [0, 0.1) is 0 Å². The lowest BCUT2D eigenvalue weighted by molar-refractivity contribution is -0.141. The molecule has 0 bridgehead atoms. The topological polar surface area (TPSA) is 141 Å². The van der Waals surface area contributed by atoms with Crippen molar-refractivity contribution in [1.82, 2.24) is 15.1 Å². The maximum atomic E-state index is 12.4. The van der Waals surface area contributed by atoms with Crippen LogP contribution in [0.15, 0.2) is 12.2 Å². The Labute approximate surface area is 199 Å². The molecule has 192 valence electrons. The number of methoxy groups -OCH3 is 2. The Morgan fingerprint density at radius 1 is 0.912 bits per heavy atom. The second-order valence-corrected chi connectivity index (χ2v) is 7.37. The van der Waals surface area contributed by atoms with Crippen LogP contribution in [-0.4, -0.2) is 119 Å².